The standard InChI is InChI=1S/C21H21NO9/c1-29-20(27)16(11-12-3-7-14(23)8-4-12)22-18(25)17(21(28)30-2)31-19(26)13-5-9-15(24)10-6-13/h3-10,16-17,23-24H,11H2,1-2H3,(H,22,25). The second-order valence-electron chi connectivity index (χ2n) is 6.31. The fraction of sp³-hybridized carbons (Fsp3) is 0.238. The molecule has 10 heteroatoms. The van der Waals surface area contributed by atoms with Crippen LogP contribution in [-0.4, -0.2) is 60.4 Å². The van der Waals surface area contributed by atoms with Gasteiger partial charge in [0, 0.05) is 6.42 Å². The van der Waals surface area contributed by atoms with E-state index < -0.39 is 36.0 Å². The molecule has 0 radical (unpaired) electrons. The van der Waals surface area contributed by atoms with E-state index in [9.17, 15) is 29.4 Å². The number of methoxy groups -OCH3 is 2. The fourth-order valence-corrected chi connectivity index (χ4v) is 2.54. The summed E-state index contributed by atoms with van der Waals surface area (Å²) >= 11 is 0. The molecule has 2 aromatic rings. The maximum atomic E-state index is 12.7. The van der Waals surface area contributed by atoms with Gasteiger partial charge in [-0.15, -0.1) is 0 Å². The Bertz CT molecular complexity index is 938. The second-order valence-corrected chi connectivity index (χ2v) is 6.31. The number of carbonyl (C=O) groups excluding carboxylic acids is 4. The normalized spacial score (nSPS) is 12.2. The van der Waals surface area contributed by atoms with Crippen molar-refractivity contribution in [3.63, 3.8) is 0 Å². The predicted molar refractivity (Wildman–Crippen MR) is 105 cm³/mol. The Morgan fingerprint density at radius 3 is 1.87 bits per heavy atom. The predicted octanol–water partition coefficient (Wildman–Crippen LogP) is 0.697. The zero-order valence-electron chi connectivity index (χ0n) is 16.7. The van der Waals surface area contributed by atoms with E-state index in [1.54, 1.807) is 12.1 Å². The van der Waals surface area contributed by atoms with Crippen molar-refractivity contribution in [1.29, 1.82) is 0 Å². The number of hydrogen-bond acceptors (Lipinski definition) is 9. The highest BCUT2D eigenvalue weighted by atomic mass is 16.6. The minimum absolute atomic E-state index is 0.0154. The third-order valence-corrected chi connectivity index (χ3v) is 4.16. The van der Waals surface area contributed by atoms with Gasteiger partial charge in [-0.05, 0) is 42.0 Å². The molecule has 0 fully saturated rings. The van der Waals surface area contributed by atoms with Crippen LogP contribution in [0.2, 0.25) is 0 Å². The minimum atomic E-state index is -1.99. The summed E-state index contributed by atoms with van der Waals surface area (Å²) in [7, 11) is 2.13. The summed E-state index contributed by atoms with van der Waals surface area (Å²) in [6.45, 7) is 0. The fourth-order valence-electron chi connectivity index (χ4n) is 2.54. The lowest BCUT2D eigenvalue weighted by molar-refractivity contribution is -0.158. The summed E-state index contributed by atoms with van der Waals surface area (Å²) in [4.78, 5) is 49.1. The van der Waals surface area contributed by atoms with Gasteiger partial charge in [0.25, 0.3) is 12.0 Å². The van der Waals surface area contributed by atoms with Gasteiger partial charge in [0.1, 0.15) is 17.5 Å². The van der Waals surface area contributed by atoms with Crippen molar-refractivity contribution in [2.75, 3.05) is 14.2 Å². The van der Waals surface area contributed by atoms with Gasteiger partial charge < -0.3 is 29.7 Å². The second kappa shape index (κ2) is 10.6. The summed E-state index contributed by atoms with van der Waals surface area (Å²) in [5.41, 5.74) is 0.567. The van der Waals surface area contributed by atoms with E-state index in [0.29, 0.717) is 5.56 Å². The van der Waals surface area contributed by atoms with Gasteiger partial charge in [0.15, 0.2) is 0 Å². The molecule has 2 rings (SSSR count). The number of carbonyl (C=O) groups is 4. The molecule has 2 aromatic carbocycles. The molecule has 0 saturated heterocycles. The Hall–Kier alpha value is -4.08. The van der Waals surface area contributed by atoms with E-state index in [4.69, 9.17) is 4.74 Å². The first-order valence-corrected chi connectivity index (χ1v) is 8.99. The van der Waals surface area contributed by atoms with E-state index in [2.05, 4.69) is 14.8 Å². The minimum Gasteiger partial charge on any atom is -0.508 e. The average Bonchev–Trinajstić information content (AvgIpc) is 2.77. The maximum Gasteiger partial charge on any atom is 0.357 e. The lowest BCUT2D eigenvalue weighted by Crippen LogP contribution is -2.50. The van der Waals surface area contributed by atoms with Crippen molar-refractivity contribution in [1.82, 2.24) is 5.32 Å². The molecule has 0 spiro atoms. The van der Waals surface area contributed by atoms with E-state index in [0.717, 1.165) is 14.2 Å². The van der Waals surface area contributed by atoms with Crippen LogP contribution in [0.5, 0.6) is 11.5 Å². The first-order chi connectivity index (χ1) is 14.7. The molecule has 0 heterocycles. The number of hydrogen-bond donors (Lipinski definition) is 3. The smallest absolute Gasteiger partial charge is 0.357 e. The molecule has 3 N–H and O–H groups in total. The van der Waals surface area contributed by atoms with Gasteiger partial charge in [-0.1, -0.05) is 12.1 Å². The van der Waals surface area contributed by atoms with Crippen LogP contribution in [0.3, 0.4) is 0 Å². The van der Waals surface area contributed by atoms with Crippen molar-refractivity contribution in [2.24, 2.45) is 0 Å². The Kier molecular flexibility index (Phi) is 7.95. The Balaban J connectivity index is 2.18. The molecular weight excluding hydrogens is 410 g/mol. The highest BCUT2D eigenvalue weighted by Crippen LogP contribution is 2.14. The summed E-state index contributed by atoms with van der Waals surface area (Å²) < 4.78 is 14.2. The van der Waals surface area contributed by atoms with E-state index in [-0.39, 0.29) is 23.5 Å². The van der Waals surface area contributed by atoms with Gasteiger partial charge >= 0.3 is 17.9 Å². The molecular formula is C21H21NO9. The van der Waals surface area contributed by atoms with Crippen molar-refractivity contribution in [3.8, 4) is 11.5 Å². The van der Waals surface area contributed by atoms with Gasteiger partial charge in [-0.25, -0.2) is 14.4 Å². The lowest BCUT2D eigenvalue weighted by Gasteiger charge is -2.20. The number of benzene rings is 2. The van der Waals surface area contributed by atoms with Crippen LogP contribution >= 0.6 is 0 Å². The number of nitrogens with one attached hydrogen (secondary N) is 1. The summed E-state index contributed by atoms with van der Waals surface area (Å²) in [6.07, 6.45) is -2.00. The monoisotopic (exact) mass is 431 g/mol. The number of phenolic OH excluding ortho intramolecular Hbond substituents is 2. The SMILES string of the molecule is COC(=O)C(Cc1ccc(O)cc1)NC(=O)C(OC(=O)c1ccc(O)cc1)C(=O)OC. The highest BCUT2D eigenvalue weighted by Gasteiger charge is 2.35. The lowest BCUT2D eigenvalue weighted by atomic mass is 10.1. The zero-order valence-corrected chi connectivity index (χ0v) is 16.7. The van der Waals surface area contributed by atoms with E-state index in [1.165, 1.54) is 36.4 Å². The molecule has 2 atom stereocenters. The third-order valence-electron chi connectivity index (χ3n) is 4.16. The summed E-state index contributed by atoms with van der Waals surface area (Å²) in [5, 5.41) is 21.0. The van der Waals surface area contributed by atoms with Crippen molar-refractivity contribution >= 4 is 23.8 Å². The molecule has 1 amide bonds. The molecule has 2 unspecified atom stereocenters. The number of phenols is 2. The van der Waals surface area contributed by atoms with Gasteiger partial charge in [0.2, 0.25) is 0 Å². The Morgan fingerprint density at radius 2 is 1.35 bits per heavy atom. The van der Waals surface area contributed by atoms with Crippen LogP contribution in [0, 0.1) is 0 Å². The topological polar surface area (TPSA) is 148 Å². The number of amides is 1. The van der Waals surface area contributed by atoms with Crippen LogP contribution in [0.1, 0.15) is 15.9 Å². The van der Waals surface area contributed by atoms with Crippen molar-refractivity contribution in [3.05, 3.63) is 59.7 Å². The van der Waals surface area contributed by atoms with Crippen LogP contribution < -0.4 is 5.32 Å². The molecule has 0 bridgehead atoms. The molecule has 10 nitrogen and oxygen atoms in total. The first-order valence-electron chi connectivity index (χ1n) is 8.99. The quantitative estimate of drug-likeness (QED) is 0.312. The van der Waals surface area contributed by atoms with Crippen LogP contribution in [0.4, 0.5) is 0 Å². The average molecular weight is 431 g/mol. The van der Waals surface area contributed by atoms with Gasteiger partial charge in [-0.3, -0.25) is 4.79 Å². The zero-order chi connectivity index (χ0) is 23.0. The Morgan fingerprint density at radius 1 is 0.839 bits per heavy atom. The Labute approximate surface area is 177 Å². The largest absolute Gasteiger partial charge is 0.508 e. The van der Waals surface area contributed by atoms with Crippen LogP contribution in [0.25, 0.3) is 0 Å². The number of ether oxygens (including phenoxy) is 3. The van der Waals surface area contributed by atoms with E-state index >= 15 is 0 Å². The van der Waals surface area contributed by atoms with Gasteiger partial charge in [0.05, 0.1) is 19.8 Å². The van der Waals surface area contributed by atoms with Crippen molar-refractivity contribution in [2.45, 2.75) is 18.6 Å². The molecule has 164 valence electrons. The summed E-state index contributed by atoms with van der Waals surface area (Å²) in [5.74, 6) is -4.12. The number of esters is 3. The third kappa shape index (κ3) is 6.46. The van der Waals surface area contributed by atoms with Crippen LogP contribution in [0.15, 0.2) is 48.5 Å². The molecule has 0 aliphatic rings. The maximum absolute atomic E-state index is 12.7. The number of rotatable bonds is 8. The van der Waals surface area contributed by atoms with Gasteiger partial charge in [-0.2, -0.15) is 0 Å². The summed E-state index contributed by atoms with van der Waals surface area (Å²) in [6, 6.07) is 9.63. The highest BCUT2D eigenvalue weighted by molar-refractivity contribution is 6.04. The van der Waals surface area contributed by atoms with Crippen LogP contribution in [-0.2, 0) is 35.0 Å². The number of aromatic hydroxyl groups is 2. The molecule has 31 heavy (non-hydrogen) atoms. The van der Waals surface area contributed by atoms with E-state index in [1.807, 2.05) is 0 Å². The van der Waals surface area contributed by atoms with Crippen molar-refractivity contribution < 1.29 is 43.6 Å². The molecule has 0 aliphatic heterocycles. The molecule has 0 aromatic heterocycles. The molecule has 0 aliphatic carbocycles. The molecule has 0 saturated carbocycles. The first kappa shape index (κ1) is 23.2.